The minimum Gasteiger partial charge on any atom is -0.427 e. The quantitative estimate of drug-likeness (QED) is 0.364. The van der Waals surface area contributed by atoms with Gasteiger partial charge in [0.2, 0.25) is 0 Å². The van der Waals surface area contributed by atoms with Crippen LogP contribution in [0.5, 0.6) is 5.75 Å². The fourth-order valence-corrected chi connectivity index (χ4v) is 2.04. The van der Waals surface area contributed by atoms with Crippen LogP contribution in [0.25, 0.3) is 6.08 Å². The highest BCUT2D eigenvalue weighted by molar-refractivity contribution is 6.01. The fourth-order valence-electron chi connectivity index (χ4n) is 2.04. The number of carbonyl (C=O) groups excluding carboxylic acids is 2. The second kappa shape index (κ2) is 7.38. The van der Waals surface area contributed by atoms with Gasteiger partial charge in [-0.25, -0.2) is 0 Å². The molecule has 0 atom stereocenters. The highest BCUT2D eigenvalue weighted by Gasteiger charge is 2.20. The van der Waals surface area contributed by atoms with Crippen molar-refractivity contribution in [3.8, 4) is 11.8 Å². The Labute approximate surface area is 128 Å². The average Bonchev–Trinajstić information content (AvgIpc) is 2.54. The Morgan fingerprint density at radius 3 is 2.45 bits per heavy atom. The number of esters is 1. The molecule has 0 aliphatic carbocycles. The van der Waals surface area contributed by atoms with Gasteiger partial charge in [-0.2, -0.15) is 5.26 Å². The van der Waals surface area contributed by atoms with Gasteiger partial charge >= 0.3 is 5.97 Å². The zero-order chi connectivity index (χ0) is 15.9. The van der Waals surface area contributed by atoms with Crippen molar-refractivity contribution >= 4 is 18.0 Å². The van der Waals surface area contributed by atoms with Crippen LogP contribution < -0.4 is 4.74 Å². The van der Waals surface area contributed by atoms with Crippen molar-refractivity contribution in [2.24, 2.45) is 0 Å². The molecule has 22 heavy (non-hydrogen) atoms. The second-order valence-corrected chi connectivity index (χ2v) is 4.74. The van der Waals surface area contributed by atoms with E-state index >= 15 is 0 Å². The maximum atomic E-state index is 12.3. The average molecular weight is 300 g/mol. The maximum absolute atomic E-state index is 12.3. The first-order valence-corrected chi connectivity index (χ1v) is 6.87. The Hall–Kier alpha value is -2.65. The van der Waals surface area contributed by atoms with Crippen molar-refractivity contribution in [1.82, 2.24) is 4.90 Å². The Balaban J connectivity index is 2.12. The smallest absolute Gasteiger partial charge is 0.308 e. The summed E-state index contributed by atoms with van der Waals surface area (Å²) >= 11 is 0. The number of hydrogen-bond donors (Lipinski definition) is 0. The zero-order valence-electron chi connectivity index (χ0n) is 12.2. The van der Waals surface area contributed by atoms with Crippen molar-refractivity contribution in [3.63, 3.8) is 0 Å². The second-order valence-electron chi connectivity index (χ2n) is 4.74. The van der Waals surface area contributed by atoms with Crippen molar-refractivity contribution < 1.29 is 19.1 Å². The number of morpholine rings is 1. The Morgan fingerprint density at radius 2 is 1.91 bits per heavy atom. The van der Waals surface area contributed by atoms with E-state index in [1.54, 1.807) is 29.2 Å². The van der Waals surface area contributed by atoms with Crippen LogP contribution in [0, 0.1) is 11.3 Å². The molecule has 0 unspecified atom stereocenters. The summed E-state index contributed by atoms with van der Waals surface area (Å²) in [7, 11) is 0. The van der Waals surface area contributed by atoms with E-state index in [1.165, 1.54) is 13.0 Å². The van der Waals surface area contributed by atoms with E-state index in [1.807, 2.05) is 6.07 Å². The largest absolute Gasteiger partial charge is 0.427 e. The topological polar surface area (TPSA) is 79.6 Å². The lowest BCUT2D eigenvalue weighted by Gasteiger charge is -2.26. The molecule has 0 saturated carbocycles. The van der Waals surface area contributed by atoms with Gasteiger partial charge in [0.05, 0.1) is 13.2 Å². The van der Waals surface area contributed by atoms with E-state index in [0.29, 0.717) is 37.6 Å². The van der Waals surface area contributed by atoms with Crippen LogP contribution in [0.4, 0.5) is 0 Å². The fraction of sp³-hybridized carbons (Fsp3) is 0.312. The lowest BCUT2D eigenvalue weighted by molar-refractivity contribution is -0.132. The third kappa shape index (κ3) is 4.17. The summed E-state index contributed by atoms with van der Waals surface area (Å²) in [6, 6.07) is 8.53. The number of ether oxygens (including phenoxy) is 2. The molecular weight excluding hydrogens is 284 g/mol. The summed E-state index contributed by atoms with van der Waals surface area (Å²) < 4.78 is 10.1. The molecule has 0 aromatic heterocycles. The summed E-state index contributed by atoms with van der Waals surface area (Å²) in [5.41, 5.74) is 0.760. The molecule has 0 N–H and O–H groups in total. The first kappa shape index (κ1) is 15.7. The molecule has 1 aromatic rings. The summed E-state index contributed by atoms with van der Waals surface area (Å²) in [5.74, 6) is -0.277. The lowest BCUT2D eigenvalue weighted by Crippen LogP contribution is -2.41. The molecule has 6 heteroatoms. The van der Waals surface area contributed by atoms with Crippen LogP contribution in [0.15, 0.2) is 29.8 Å². The van der Waals surface area contributed by atoms with E-state index in [4.69, 9.17) is 9.47 Å². The molecule has 1 aliphatic heterocycles. The van der Waals surface area contributed by atoms with Crippen LogP contribution >= 0.6 is 0 Å². The van der Waals surface area contributed by atoms with Crippen LogP contribution in [-0.2, 0) is 14.3 Å². The summed E-state index contributed by atoms with van der Waals surface area (Å²) in [5, 5.41) is 9.20. The van der Waals surface area contributed by atoms with Gasteiger partial charge in [0.1, 0.15) is 17.4 Å². The van der Waals surface area contributed by atoms with Crippen molar-refractivity contribution in [3.05, 3.63) is 35.4 Å². The van der Waals surface area contributed by atoms with Crippen LogP contribution in [0.1, 0.15) is 12.5 Å². The highest BCUT2D eigenvalue weighted by atomic mass is 16.5. The van der Waals surface area contributed by atoms with Gasteiger partial charge in [-0.15, -0.1) is 0 Å². The third-order valence-corrected chi connectivity index (χ3v) is 3.10. The molecule has 1 saturated heterocycles. The molecule has 1 fully saturated rings. The van der Waals surface area contributed by atoms with E-state index in [9.17, 15) is 14.9 Å². The lowest BCUT2D eigenvalue weighted by atomic mass is 10.1. The molecule has 1 amide bonds. The summed E-state index contributed by atoms with van der Waals surface area (Å²) in [6.07, 6.45) is 1.52. The van der Waals surface area contributed by atoms with Crippen molar-refractivity contribution in [1.29, 1.82) is 5.26 Å². The molecule has 6 nitrogen and oxygen atoms in total. The monoisotopic (exact) mass is 300 g/mol. The van der Waals surface area contributed by atoms with Crippen LogP contribution in [-0.4, -0.2) is 43.1 Å². The Morgan fingerprint density at radius 1 is 1.27 bits per heavy atom. The van der Waals surface area contributed by atoms with Crippen LogP contribution in [0.2, 0.25) is 0 Å². The van der Waals surface area contributed by atoms with Gasteiger partial charge in [-0.3, -0.25) is 9.59 Å². The zero-order valence-corrected chi connectivity index (χ0v) is 12.2. The van der Waals surface area contributed by atoms with E-state index < -0.39 is 5.97 Å². The highest BCUT2D eigenvalue weighted by Crippen LogP contribution is 2.16. The summed E-state index contributed by atoms with van der Waals surface area (Å²) in [4.78, 5) is 24.7. The molecular formula is C16H16N2O4. The number of benzene rings is 1. The standard InChI is InChI=1S/C16H16N2O4/c1-12(19)22-15-4-2-13(3-5-15)10-14(11-17)16(20)18-6-8-21-9-7-18/h2-5,10H,6-9H2,1H3/b14-10+. The normalized spacial score (nSPS) is 15.1. The number of nitrogens with zero attached hydrogens (tertiary/aromatic N) is 2. The Kier molecular flexibility index (Phi) is 5.28. The molecule has 1 heterocycles. The number of carbonyl (C=O) groups is 2. The van der Waals surface area contributed by atoms with Crippen molar-refractivity contribution in [2.75, 3.05) is 26.3 Å². The molecule has 0 radical (unpaired) electrons. The third-order valence-electron chi connectivity index (χ3n) is 3.10. The Bertz CT molecular complexity index is 623. The molecule has 1 aromatic carbocycles. The van der Waals surface area contributed by atoms with Gasteiger partial charge in [-0.05, 0) is 23.8 Å². The van der Waals surface area contributed by atoms with E-state index in [0.717, 1.165) is 0 Å². The SMILES string of the molecule is CC(=O)Oc1ccc(/C=C(\C#N)C(=O)N2CCOCC2)cc1. The first-order chi connectivity index (χ1) is 10.6. The molecule has 1 aliphatic rings. The van der Waals surface area contributed by atoms with Gasteiger partial charge in [0.15, 0.2) is 0 Å². The predicted octanol–water partition coefficient (Wildman–Crippen LogP) is 1.38. The van der Waals surface area contributed by atoms with Gasteiger partial charge < -0.3 is 14.4 Å². The number of rotatable bonds is 3. The molecule has 2 rings (SSSR count). The van der Waals surface area contributed by atoms with E-state index in [2.05, 4.69) is 0 Å². The van der Waals surface area contributed by atoms with Crippen molar-refractivity contribution in [2.45, 2.75) is 6.92 Å². The number of hydrogen-bond acceptors (Lipinski definition) is 5. The molecule has 0 bridgehead atoms. The van der Waals surface area contributed by atoms with Crippen LogP contribution in [0.3, 0.4) is 0 Å². The molecule has 114 valence electrons. The first-order valence-electron chi connectivity index (χ1n) is 6.87. The number of amides is 1. The van der Waals surface area contributed by atoms with Gasteiger partial charge in [0.25, 0.3) is 5.91 Å². The maximum Gasteiger partial charge on any atom is 0.308 e. The van der Waals surface area contributed by atoms with Gasteiger partial charge in [-0.1, -0.05) is 12.1 Å². The minimum atomic E-state index is -0.400. The van der Waals surface area contributed by atoms with Gasteiger partial charge in [0, 0.05) is 20.0 Å². The minimum absolute atomic E-state index is 0.0714. The van der Waals surface area contributed by atoms with E-state index in [-0.39, 0.29) is 11.5 Å². The summed E-state index contributed by atoms with van der Waals surface area (Å²) in [6.45, 7) is 3.28. The molecule has 0 spiro atoms. The number of nitriles is 1. The predicted molar refractivity (Wildman–Crippen MR) is 78.7 cm³/mol.